The van der Waals surface area contributed by atoms with Crippen molar-refractivity contribution in [2.45, 2.75) is 23.9 Å². The lowest BCUT2D eigenvalue weighted by atomic mass is 10.3. The van der Waals surface area contributed by atoms with E-state index in [2.05, 4.69) is 15.5 Å². The number of benzene rings is 1. The fourth-order valence-corrected chi connectivity index (χ4v) is 4.18. The molecule has 0 saturated heterocycles. The number of thiophene rings is 1. The Morgan fingerprint density at radius 3 is 2.75 bits per heavy atom. The lowest BCUT2D eigenvalue weighted by Gasteiger charge is -2.10. The summed E-state index contributed by atoms with van der Waals surface area (Å²) in [5.74, 6) is -0.0900. The van der Waals surface area contributed by atoms with Gasteiger partial charge < -0.3 is 5.32 Å². The van der Waals surface area contributed by atoms with Crippen LogP contribution in [0, 0.1) is 0 Å². The maximum Gasteiger partial charge on any atom is 0.300 e. The van der Waals surface area contributed by atoms with Crippen LogP contribution in [0.25, 0.3) is 11.3 Å². The maximum absolute atomic E-state index is 12.7. The fourth-order valence-electron chi connectivity index (χ4n) is 2.68. The van der Waals surface area contributed by atoms with E-state index in [1.54, 1.807) is 35.1 Å². The van der Waals surface area contributed by atoms with Crippen LogP contribution in [-0.2, 0) is 11.3 Å². The van der Waals surface area contributed by atoms with Gasteiger partial charge in [-0.1, -0.05) is 36.0 Å². The van der Waals surface area contributed by atoms with Crippen molar-refractivity contribution in [2.75, 3.05) is 0 Å². The number of hydrogen-bond acceptors (Lipinski definition) is 6. The number of rotatable bonds is 6. The van der Waals surface area contributed by atoms with Crippen LogP contribution in [0.5, 0.6) is 0 Å². The van der Waals surface area contributed by atoms with Gasteiger partial charge in [0.2, 0.25) is 11.6 Å². The Morgan fingerprint density at radius 1 is 1.18 bits per heavy atom. The molecule has 3 heterocycles. The molecule has 28 heavy (non-hydrogen) atoms. The van der Waals surface area contributed by atoms with Crippen molar-refractivity contribution in [3.05, 3.63) is 75.5 Å². The molecule has 1 atom stereocenters. The SMILES string of the molecule is C[C@@H](Sc1nnc2c(=O)n(-c3ccccc3)ccn12)C(=O)NCc1cccs1. The van der Waals surface area contributed by atoms with Gasteiger partial charge in [0.1, 0.15) is 0 Å². The van der Waals surface area contributed by atoms with Crippen molar-refractivity contribution >= 4 is 34.7 Å². The predicted molar refractivity (Wildman–Crippen MR) is 110 cm³/mol. The van der Waals surface area contributed by atoms with Crippen LogP contribution in [0.1, 0.15) is 11.8 Å². The fraction of sp³-hybridized carbons (Fsp3) is 0.158. The van der Waals surface area contributed by atoms with Crippen LogP contribution in [0.2, 0.25) is 0 Å². The second kappa shape index (κ2) is 7.99. The number of aromatic nitrogens is 4. The molecule has 4 rings (SSSR count). The molecule has 0 fully saturated rings. The third-order valence-corrected chi connectivity index (χ3v) is 6.08. The molecule has 9 heteroatoms. The number of nitrogens with zero attached hydrogens (tertiary/aromatic N) is 4. The molecule has 0 bridgehead atoms. The number of amides is 1. The van der Waals surface area contributed by atoms with E-state index in [-0.39, 0.29) is 22.4 Å². The molecular weight excluding hydrogens is 394 g/mol. The number of hydrogen-bond donors (Lipinski definition) is 1. The van der Waals surface area contributed by atoms with E-state index in [4.69, 9.17) is 0 Å². The third kappa shape index (κ3) is 3.71. The van der Waals surface area contributed by atoms with Gasteiger partial charge in [0, 0.05) is 23.0 Å². The highest BCUT2D eigenvalue weighted by molar-refractivity contribution is 8.00. The van der Waals surface area contributed by atoms with Crippen molar-refractivity contribution in [1.29, 1.82) is 0 Å². The van der Waals surface area contributed by atoms with E-state index >= 15 is 0 Å². The van der Waals surface area contributed by atoms with Crippen LogP contribution < -0.4 is 10.9 Å². The monoisotopic (exact) mass is 411 g/mol. The Balaban J connectivity index is 1.52. The molecule has 1 N–H and O–H groups in total. The molecule has 0 unspecified atom stereocenters. The molecule has 0 aliphatic heterocycles. The second-order valence-corrected chi connectivity index (χ2v) is 8.38. The lowest BCUT2D eigenvalue weighted by molar-refractivity contribution is -0.120. The van der Waals surface area contributed by atoms with Gasteiger partial charge in [-0.15, -0.1) is 21.5 Å². The first kappa shape index (κ1) is 18.5. The average molecular weight is 412 g/mol. The number of nitrogens with one attached hydrogen (secondary N) is 1. The first-order valence-corrected chi connectivity index (χ1v) is 10.4. The Kier molecular flexibility index (Phi) is 5.27. The molecule has 0 spiro atoms. The van der Waals surface area contributed by atoms with Gasteiger partial charge in [-0.25, -0.2) is 0 Å². The number of carbonyl (C=O) groups excluding carboxylic acids is 1. The van der Waals surface area contributed by atoms with Crippen molar-refractivity contribution in [1.82, 2.24) is 24.5 Å². The van der Waals surface area contributed by atoms with E-state index < -0.39 is 0 Å². The molecule has 4 aromatic rings. The van der Waals surface area contributed by atoms with Gasteiger partial charge in [0.25, 0.3) is 0 Å². The van der Waals surface area contributed by atoms with Gasteiger partial charge in [-0.05, 0) is 30.5 Å². The van der Waals surface area contributed by atoms with Crippen molar-refractivity contribution < 1.29 is 4.79 Å². The van der Waals surface area contributed by atoms with Gasteiger partial charge in [0.05, 0.1) is 11.8 Å². The van der Waals surface area contributed by atoms with Gasteiger partial charge in [-0.2, -0.15) is 0 Å². The summed E-state index contributed by atoms with van der Waals surface area (Å²) in [4.78, 5) is 26.2. The van der Waals surface area contributed by atoms with Crippen molar-refractivity contribution in [2.24, 2.45) is 0 Å². The number of thioether (sulfide) groups is 1. The summed E-state index contributed by atoms with van der Waals surface area (Å²) >= 11 is 2.87. The quantitative estimate of drug-likeness (QED) is 0.494. The maximum atomic E-state index is 12.7. The van der Waals surface area contributed by atoms with E-state index in [1.807, 2.05) is 47.8 Å². The molecule has 1 aromatic carbocycles. The zero-order valence-corrected chi connectivity index (χ0v) is 16.6. The largest absolute Gasteiger partial charge is 0.350 e. The Morgan fingerprint density at radius 2 is 2.00 bits per heavy atom. The lowest BCUT2D eigenvalue weighted by Crippen LogP contribution is -2.30. The van der Waals surface area contributed by atoms with Crippen molar-refractivity contribution in [3.63, 3.8) is 0 Å². The average Bonchev–Trinajstić information content (AvgIpc) is 3.37. The standard InChI is InChI=1S/C19H17N5O2S2/c1-13(17(25)20-12-15-8-5-11-27-15)28-19-22-21-16-18(26)23(9-10-24(16)19)14-6-3-2-4-7-14/h2-11,13H,12H2,1H3,(H,20,25)/t13-/m1/s1. The number of carbonyl (C=O) groups is 1. The summed E-state index contributed by atoms with van der Waals surface area (Å²) in [7, 11) is 0. The van der Waals surface area contributed by atoms with Crippen LogP contribution in [0.3, 0.4) is 0 Å². The van der Waals surface area contributed by atoms with Crippen molar-refractivity contribution in [3.8, 4) is 5.69 Å². The van der Waals surface area contributed by atoms with Crippen LogP contribution in [0.15, 0.2) is 70.2 Å². The molecule has 0 radical (unpaired) electrons. The summed E-state index contributed by atoms with van der Waals surface area (Å²) in [5, 5.41) is 13.2. The zero-order valence-electron chi connectivity index (χ0n) is 15.0. The normalized spacial score (nSPS) is 12.2. The predicted octanol–water partition coefficient (Wildman–Crippen LogP) is 2.74. The molecule has 7 nitrogen and oxygen atoms in total. The highest BCUT2D eigenvalue weighted by Crippen LogP contribution is 2.21. The molecule has 0 aliphatic carbocycles. The van der Waals surface area contributed by atoms with E-state index in [1.165, 1.54) is 16.3 Å². The summed E-state index contributed by atoms with van der Waals surface area (Å²) in [6.45, 7) is 2.31. The Bertz CT molecular complexity index is 1150. The highest BCUT2D eigenvalue weighted by Gasteiger charge is 2.19. The number of fused-ring (bicyclic) bond motifs is 1. The topological polar surface area (TPSA) is 81.3 Å². The summed E-state index contributed by atoms with van der Waals surface area (Å²) in [6, 6.07) is 13.3. The van der Waals surface area contributed by atoms with Gasteiger partial charge in [0.15, 0.2) is 5.16 Å². The molecule has 0 aliphatic rings. The zero-order chi connectivity index (χ0) is 19.5. The minimum atomic E-state index is -0.371. The Hall–Kier alpha value is -2.91. The van der Waals surface area contributed by atoms with E-state index in [0.717, 1.165) is 10.6 Å². The second-order valence-electron chi connectivity index (χ2n) is 6.04. The molecular formula is C19H17N5O2S2. The minimum absolute atomic E-state index is 0.0900. The highest BCUT2D eigenvalue weighted by atomic mass is 32.2. The molecule has 142 valence electrons. The van der Waals surface area contributed by atoms with Crippen LogP contribution in [-0.4, -0.2) is 30.3 Å². The molecule has 3 aromatic heterocycles. The molecule has 0 saturated carbocycles. The van der Waals surface area contributed by atoms with E-state index in [0.29, 0.717) is 11.7 Å². The number of para-hydroxylation sites is 1. The first-order valence-electron chi connectivity index (χ1n) is 8.62. The smallest absolute Gasteiger partial charge is 0.300 e. The summed E-state index contributed by atoms with van der Waals surface area (Å²) < 4.78 is 3.14. The minimum Gasteiger partial charge on any atom is -0.350 e. The Labute approximate surface area is 169 Å². The van der Waals surface area contributed by atoms with Gasteiger partial charge in [-0.3, -0.25) is 18.6 Å². The van der Waals surface area contributed by atoms with E-state index in [9.17, 15) is 9.59 Å². The first-order chi connectivity index (χ1) is 13.6. The van der Waals surface area contributed by atoms with Gasteiger partial charge >= 0.3 is 5.56 Å². The molecule has 1 amide bonds. The summed E-state index contributed by atoms with van der Waals surface area (Å²) in [6.07, 6.45) is 3.42. The van der Waals surface area contributed by atoms with Crippen LogP contribution in [0.4, 0.5) is 0 Å². The van der Waals surface area contributed by atoms with Crippen LogP contribution >= 0.6 is 23.1 Å². The third-order valence-electron chi connectivity index (χ3n) is 4.14. The summed E-state index contributed by atoms with van der Waals surface area (Å²) in [5.41, 5.74) is 0.719.